The standard InChI is InChI=1S/C16H22ClFN2O/c17-13-7-6-8-14(18)15(13)16(21)19-9-2-5-12-20-10-3-1-4-11-20/h6-8H,1-5,9-12H2,(H,19,21). The second kappa shape index (κ2) is 8.35. The van der Waals surface area contributed by atoms with E-state index in [0.717, 1.165) is 19.4 Å². The summed E-state index contributed by atoms with van der Waals surface area (Å²) in [5.74, 6) is -1.01. The Kier molecular flexibility index (Phi) is 6.46. The van der Waals surface area contributed by atoms with E-state index in [9.17, 15) is 9.18 Å². The van der Waals surface area contributed by atoms with Gasteiger partial charge in [0.15, 0.2) is 0 Å². The van der Waals surface area contributed by atoms with Gasteiger partial charge in [-0.3, -0.25) is 4.79 Å². The maximum absolute atomic E-state index is 13.6. The zero-order chi connectivity index (χ0) is 15.1. The van der Waals surface area contributed by atoms with Gasteiger partial charge in [-0.05, 0) is 57.5 Å². The highest BCUT2D eigenvalue weighted by atomic mass is 35.5. The van der Waals surface area contributed by atoms with Crippen LogP contribution in [0, 0.1) is 5.82 Å². The van der Waals surface area contributed by atoms with Crippen molar-refractivity contribution in [2.24, 2.45) is 0 Å². The molecule has 0 aliphatic carbocycles. The lowest BCUT2D eigenvalue weighted by atomic mass is 10.1. The van der Waals surface area contributed by atoms with E-state index < -0.39 is 11.7 Å². The molecule has 0 atom stereocenters. The average Bonchev–Trinajstić information content (AvgIpc) is 2.48. The lowest BCUT2D eigenvalue weighted by Crippen LogP contribution is -2.31. The monoisotopic (exact) mass is 312 g/mol. The molecule has 1 amide bonds. The number of benzene rings is 1. The number of halogens is 2. The van der Waals surface area contributed by atoms with Crippen molar-refractivity contribution in [3.05, 3.63) is 34.6 Å². The number of carbonyl (C=O) groups is 1. The van der Waals surface area contributed by atoms with Crippen LogP contribution in [0.4, 0.5) is 4.39 Å². The van der Waals surface area contributed by atoms with E-state index in [1.165, 1.54) is 50.6 Å². The summed E-state index contributed by atoms with van der Waals surface area (Å²) in [4.78, 5) is 14.4. The summed E-state index contributed by atoms with van der Waals surface area (Å²) in [5.41, 5.74) is -0.0600. The molecule has 1 aliphatic rings. The van der Waals surface area contributed by atoms with E-state index in [1.807, 2.05) is 0 Å². The van der Waals surface area contributed by atoms with Gasteiger partial charge in [0, 0.05) is 6.54 Å². The quantitative estimate of drug-likeness (QED) is 0.816. The summed E-state index contributed by atoms with van der Waals surface area (Å²) in [6, 6.07) is 4.26. The topological polar surface area (TPSA) is 32.3 Å². The lowest BCUT2D eigenvalue weighted by molar-refractivity contribution is 0.0948. The zero-order valence-electron chi connectivity index (χ0n) is 12.2. The van der Waals surface area contributed by atoms with Crippen molar-refractivity contribution < 1.29 is 9.18 Å². The molecule has 1 fully saturated rings. The Hall–Kier alpha value is -1.13. The van der Waals surface area contributed by atoms with E-state index in [1.54, 1.807) is 0 Å². The molecule has 116 valence electrons. The Morgan fingerprint density at radius 3 is 2.71 bits per heavy atom. The van der Waals surface area contributed by atoms with Crippen molar-refractivity contribution >= 4 is 17.5 Å². The van der Waals surface area contributed by atoms with Crippen LogP contribution in [0.25, 0.3) is 0 Å². The first-order valence-electron chi connectivity index (χ1n) is 7.63. The van der Waals surface area contributed by atoms with Crippen LogP contribution in [0.5, 0.6) is 0 Å². The predicted octanol–water partition coefficient (Wildman–Crippen LogP) is 3.48. The number of carbonyl (C=O) groups excluding carboxylic acids is 1. The van der Waals surface area contributed by atoms with Gasteiger partial charge in [0.25, 0.3) is 5.91 Å². The van der Waals surface area contributed by atoms with E-state index >= 15 is 0 Å². The van der Waals surface area contributed by atoms with E-state index in [0.29, 0.717) is 6.54 Å². The summed E-state index contributed by atoms with van der Waals surface area (Å²) >= 11 is 5.86. The highest BCUT2D eigenvalue weighted by molar-refractivity contribution is 6.33. The SMILES string of the molecule is O=C(NCCCCN1CCCCC1)c1c(F)cccc1Cl. The van der Waals surface area contributed by atoms with Crippen LogP contribution in [-0.2, 0) is 0 Å². The minimum absolute atomic E-state index is 0.0600. The molecule has 2 rings (SSSR count). The van der Waals surface area contributed by atoms with Crippen LogP contribution in [0.15, 0.2) is 18.2 Å². The molecule has 0 aromatic heterocycles. The number of amides is 1. The molecule has 1 aromatic carbocycles. The Morgan fingerprint density at radius 1 is 1.24 bits per heavy atom. The van der Waals surface area contributed by atoms with E-state index in [2.05, 4.69) is 10.2 Å². The Bertz CT molecular complexity index is 455. The third kappa shape index (κ3) is 4.97. The van der Waals surface area contributed by atoms with Crippen LogP contribution >= 0.6 is 11.6 Å². The summed E-state index contributed by atoms with van der Waals surface area (Å²) in [7, 11) is 0. The molecule has 0 radical (unpaired) electrons. The number of hydrogen-bond acceptors (Lipinski definition) is 2. The van der Waals surface area contributed by atoms with Gasteiger partial charge < -0.3 is 10.2 Å². The Labute approximate surface area is 130 Å². The van der Waals surface area contributed by atoms with Crippen molar-refractivity contribution in [1.82, 2.24) is 10.2 Å². The smallest absolute Gasteiger partial charge is 0.255 e. The lowest BCUT2D eigenvalue weighted by Gasteiger charge is -2.26. The second-order valence-electron chi connectivity index (χ2n) is 5.46. The molecule has 0 spiro atoms. The molecule has 21 heavy (non-hydrogen) atoms. The predicted molar refractivity (Wildman–Crippen MR) is 83.3 cm³/mol. The molecule has 0 unspecified atom stereocenters. The molecule has 1 aromatic rings. The molecule has 1 saturated heterocycles. The first-order valence-corrected chi connectivity index (χ1v) is 8.01. The van der Waals surface area contributed by atoms with E-state index in [-0.39, 0.29) is 10.6 Å². The van der Waals surface area contributed by atoms with Crippen LogP contribution in [0.2, 0.25) is 5.02 Å². The number of rotatable bonds is 6. The first-order chi connectivity index (χ1) is 10.2. The molecule has 0 saturated carbocycles. The fourth-order valence-corrected chi connectivity index (χ4v) is 2.90. The largest absolute Gasteiger partial charge is 0.352 e. The van der Waals surface area contributed by atoms with Gasteiger partial charge in [0.1, 0.15) is 5.82 Å². The van der Waals surface area contributed by atoms with Gasteiger partial charge in [-0.1, -0.05) is 24.1 Å². The number of unbranched alkanes of at least 4 members (excludes halogenated alkanes) is 1. The van der Waals surface area contributed by atoms with Gasteiger partial charge >= 0.3 is 0 Å². The molecule has 5 heteroatoms. The summed E-state index contributed by atoms with van der Waals surface area (Å²) in [6.07, 6.45) is 5.88. The van der Waals surface area contributed by atoms with Crippen LogP contribution in [0.3, 0.4) is 0 Å². The third-order valence-electron chi connectivity index (χ3n) is 3.83. The van der Waals surface area contributed by atoms with Gasteiger partial charge in [0.2, 0.25) is 0 Å². The third-order valence-corrected chi connectivity index (χ3v) is 4.14. The number of piperidine rings is 1. The average molecular weight is 313 g/mol. The van der Waals surface area contributed by atoms with Crippen molar-refractivity contribution in [2.45, 2.75) is 32.1 Å². The van der Waals surface area contributed by atoms with Crippen molar-refractivity contribution in [2.75, 3.05) is 26.2 Å². The molecule has 1 N–H and O–H groups in total. The fraction of sp³-hybridized carbons (Fsp3) is 0.562. The van der Waals surface area contributed by atoms with E-state index in [4.69, 9.17) is 11.6 Å². The number of nitrogens with zero attached hydrogens (tertiary/aromatic N) is 1. The van der Waals surface area contributed by atoms with Gasteiger partial charge in [-0.25, -0.2) is 4.39 Å². The first kappa shape index (κ1) is 16.2. The number of nitrogens with one attached hydrogen (secondary N) is 1. The normalized spacial score (nSPS) is 15.9. The number of hydrogen-bond donors (Lipinski definition) is 1. The summed E-state index contributed by atoms with van der Waals surface area (Å²) < 4.78 is 13.6. The summed E-state index contributed by atoms with van der Waals surface area (Å²) in [6.45, 7) is 4.02. The Morgan fingerprint density at radius 2 is 2.00 bits per heavy atom. The maximum Gasteiger partial charge on any atom is 0.255 e. The summed E-state index contributed by atoms with van der Waals surface area (Å²) in [5, 5.41) is 2.89. The second-order valence-corrected chi connectivity index (χ2v) is 5.87. The molecule has 1 aliphatic heterocycles. The van der Waals surface area contributed by atoms with Crippen molar-refractivity contribution in [1.29, 1.82) is 0 Å². The molecule has 1 heterocycles. The van der Waals surface area contributed by atoms with Crippen molar-refractivity contribution in [3.63, 3.8) is 0 Å². The van der Waals surface area contributed by atoms with Gasteiger partial charge in [-0.2, -0.15) is 0 Å². The Balaban J connectivity index is 1.67. The van der Waals surface area contributed by atoms with Crippen LogP contribution < -0.4 is 5.32 Å². The molecule has 3 nitrogen and oxygen atoms in total. The molecular weight excluding hydrogens is 291 g/mol. The number of likely N-dealkylation sites (tertiary alicyclic amines) is 1. The van der Waals surface area contributed by atoms with Crippen LogP contribution in [-0.4, -0.2) is 37.0 Å². The highest BCUT2D eigenvalue weighted by Gasteiger charge is 2.15. The zero-order valence-corrected chi connectivity index (χ0v) is 13.0. The highest BCUT2D eigenvalue weighted by Crippen LogP contribution is 2.18. The van der Waals surface area contributed by atoms with Gasteiger partial charge in [-0.15, -0.1) is 0 Å². The molecule has 0 bridgehead atoms. The minimum Gasteiger partial charge on any atom is -0.352 e. The van der Waals surface area contributed by atoms with Crippen molar-refractivity contribution in [3.8, 4) is 0 Å². The maximum atomic E-state index is 13.6. The minimum atomic E-state index is -0.576. The fourth-order valence-electron chi connectivity index (χ4n) is 2.65. The van der Waals surface area contributed by atoms with Crippen LogP contribution in [0.1, 0.15) is 42.5 Å². The molecular formula is C16H22ClFN2O. The van der Waals surface area contributed by atoms with Gasteiger partial charge in [0.05, 0.1) is 10.6 Å².